The highest BCUT2D eigenvalue weighted by atomic mass is 32.2. The van der Waals surface area contributed by atoms with Crippen LogP contribution in [0.2, 0.25) is 0 Å². The number of ether oxygens (including phenoxy) is 2. The predicted octanol–water partition coefficient (Wildman–Crippen LogP) is 4.48. The lowest BCUT2D eigenvalue weighted by atomic mass is 10.1. The molecular weight excluding hydrogens is 412 g/mol. The minimum atomic E-state index is -0.426. The molecule has 4 rings (SSSR count). The van der Waals surface area contributed by atoms with Gasteiger partial charge in [-0.15, -0.1) is 0 Å². The highest BCUT2D eigenvalue weighted by Gasteiger charge is 2.34. The van der Waals surface area contributed by atoms with Crippen LogP contribution in [-0.2, 0) is 4.79 Å². The van der Waals surface area contributed by atoms with Gasteiger partial charge in [-0.3, -0.25) is 10.2 Å². The van der Waals surface area contributed by atoms with E-state index in [0.29, 0.717) is 24.1 Å². The number of carbonyl (C=O) groups excluding carboxylic acids is 1. The Morgan fingerprint density at radius 2 is 1.84 bits per heavy atom. The lowest BCUT2D eigenvalue weighted by Crippen LogP contribution is -2.35. The van der Waals surface area contributed by atoms with Crippen molar-refractivity contribution < 1.29 is 14.3 Å². The van der Waals surface area contributed by atoms with E-state index in [2.05, 4.69) is 10.1 Å². The van der Waals surface area contributed by atoms with E-state index in [1.807, 2.05) is 62.4 Å². The Morgan fingerprint density at radius 1 is 1.10 bits per heavy atom. The lowest BCUT2D eigenvalue weighted by molar-refractivity contribution is -0.114. The number of hydrogen-bond donors (Lipinski definition) is 1. The van der Waals surface area contributed by atoms with Crippen LogP contribution in [0.3, 0.4) is 0 Å². The summed E-state index contributed by atoms with van der Waals surface area (Å²) >= 11 is 1.33. The maximum atomic E-state index is 12.4. The molecule has 2 aromatic carbocycles. The minimum absolute atomic E-state index is 0.0413. The van der Waals surface area contributed by atoms with Gasteiger partial charge in [-0.05, 0) is 60.5 Å². The molecule has 7 nitrogen and oxygen atoms in total. The van der Waals surface area contributed by atoms with Gasteiger partial charge in [0, 0.05) is 0 Å². The Morgan fingerprint density at radius 3 is 2.58 bits per heavy atom. The van der Waals surface area contributed by atoms with Crippen molar-refractivity contribution in [2.75, 3.05) is 13.2 Å². The molecule has 0 aliphatic carbocycles. The van der Waals surface area contributed by atoms with E-state index in [-0.39, 0.29) is 11.4 Å². The van der Waals surface area contributed by atoms with Gasteiger partial charge in [0.05, 0.1) is 5.57 Å². The van der Waals surface area contributed by atoms with E-state index in [0.717, 1.165) is 28.3 Å². The summed E-state index contributed by atoms with van der Waals surface area (Å²) in [5, 5.41) is 15.4. The lowest BCUT2D eigenvalue weighted by Gasteiger charge is -2.20. The van der Waals surface area contributed by atoms with Crippen LogP contribution in [0.1, 0.15) is 24.5 Å². The Bertz CT molecular complexity index is 1110. The predicted molar refractivity (Wildman–Crippen MR) is 124 cm³/mol. The second-order valence-electron chi connectivity index (χ2n) is 6.90. The van der Waals surface area contributed by atoms with Crippen molar-refractivity contribution in [3.63, 3.8) is 0 Å². The molecule has 2 heterocycles. The Balaban J connectivity index is 1.36. The molecule has 0 bridgehead atoms. The molecule has 0 saturated carbocycles. The maximum absolute atomic E-state index is 12.4. The van der Waals surface area contributed by atoms with Crippen LogP contribution in [0.4, 0.5) is 0 Å². The van der Waals surface area contributed by atoms with Crippen molar-refractivity contribution in [2.45, 2.75) is 20.3 Å². The summed E-state index contributed by atoms with van der Waals surface area (Å²) in [5.74, 6) is 1.17. The van der Waals surface area contributed by atoms with Crippen LogP contribution >= 0.6 is 11.8 Å². The molecule has 0 saturated heterocycles. The zero-order valence-electron chi connectivity index (χ0n) is 17.3. The first-order valence-corrected chi connectivity index (χ1v) is 10.8. The van der Waals surface area contributed by atoms with Gasteiger partial charge in [0.2, 0.25) is 5.17 Å². The summed E-state index contributed by atoms with van der Waals surface area (Å²) in [6.45, 7) is 4.84. The molecule has 0 atom stereocenters. The highest BCUT2D eigenvalue weighted by Crippen LogP contribution is 2.29. The molecule has 158 valence electrons. The minimum Gasteiger partial charge on any atom is -0.490 e. The highest BCUT2D eigenvalue weighted by molar-refractivity contribution is 8.26. The number of amides is 1. The zero-order valence-corrected chi connectivity index (χ0v) is 18.1. The quantitative estimate of drug-likeness (QED) is 0.513. The summed E-state index contributed by atoms with van der Waals surface area (Å²) in [7, 11) is 0. The van der Waals surface area contributed by atoms with Gasteiger partial charge >= 0.3 is 0 Å². The first-order valence-electron chi connectivity index (χ1n) is 9.95. The average molecular weight is 435 g/mol. The van der Waals surface area contributed by atoms with Crippen molar-refractivity contribution in [1.29, 1.82) is 5.41 Å². The van der Waals surface area contributed by atoms with Gasteiger partial charge in [0.15, 0.2) is 5.84 Å². The van der Waals surface area contributed by atoms with Gasteiger partial charge in [-0.25, -0.2) is 0 Å². The third kappa shape index (κ3) is 4.69. The topological polar surface area (TPSA) is 87.3 Å². The number of carbonyl (C=O) groups is 1. The van der Waals surface area contributed by atoms with Crippen molar-refractivity contribution in [1.82, 2.24) is 5.01 Å². The van der Waals surface area contributed by atoms with E-state index >= 15 is 0 Å². The number of thioether (sulfide) groups is 1. The number of hydrogen-bond acceptors (Lipinski definition) is 6. The number of fused-ring (bicyclic) bond motifs is 1. The van der Waals surface area contributed by atoms with Crippen molar-refractivity contribution in [3.8, 4) is 11.5 Å². The van der Waals surface area contributed by atoms with Crippen LogP contribution in [0.5, 0.6) is 11.5 Å². The van der Waals surface area contributed by atoms with Crippen LogP contribution in [-0.4, -0.2) is 40.2 Å². The van der Waals surface area contributed by atoms with E-state index in [1.54, 1.807) is 6.08 Å². The van der Waals surface area contributed by atoms with Crippen LogP contribution in [0.25, 0.3) is 6.08 Å². The summed E-state index contributed by atoms with van der Waals surface area (Å²) in [6.07, 6.45) is 2.39. The first kappa shape index (κ1) is 20.9. The molecule has 1 amide bonds. The number of aryl methyl sites for hydroxylation is 1. The van der Waals surface area contributed by atoms with E-state index in [4.69, 9.17) is 14.9 Å². The third-order valence-electron chi connectivity index (χ3n) is 4.69. The fourth-order valence-corrected chi connectivity index (χ4v) is 3.86. The second kappa shape index (κ2) is 9.18. The molecule has 8 heteroatoms. The van der Waals surface area contributed by atoms with Crippen molar-refractivity contribution in [3.05, 3.63) is 65.2 Å². The SMILES string of the molecule is CCC1=NN2C(=N)/C(=C/c3ccc(OCCOc4ccccc4C)cc3)C(=O)N=C2S1. The molecule has 31 heavy (non-hydrogen) atoms. The fraction of sp³-hybridized carbons (Fsp3) is 0.217. The normalized spacial score (nSPS) is 16.8. The molecule has 1 N–H and O–H groups in total. The second-order valence-corrected chi connectivity index (χ2v) is 7.94. The third-order valence-corrected chi connectivity index (χ3v) is 5.75. The van der Waals surface area contributed by atoms with E-state index < -0.39 is 5.91 Å². The monoisotopic (exact) mass is 434 g/mol. The summed E-state index contributed by atoms with van der Waals surface area (Å²) < 4.78 is 11.5. The molecule has 0 spiro atoms. The number of para-hydroxylation sites is 1. The number of rotatable bonds is 7. The first-order chi connectivity index (χ1) is 15.0. The van der Waals surface area contributed by atoms with Gasteiger partial charge in [-0.2, -0.15) is 15.1 Å². The summed E-state index contributed by atoms with van der Waals surface area (Å²) in [6, 6.07) is 15.2. The Kier molecular flexibility index (Phi) is 6.18. The van der Waals surface area contributed by atoms with Gasteiger partial charge in [-0.1, -0.05) is 37.3 Å². The zero-order chi connectivity index (χ0) is 21.8. The largest absolute Gasteiger partial charge is 0.490 e. The Hall–Kier alpha value is -3.39. The van der Waals surface area contributed by atoms with Crippen molar-refractivity contribution in [2.24, 2.45) is 10.1 Å². The molecule has 0 fully saturated rings. The van der Waals surface area contributed by atoms with Crippen molar-refractivity contribution >= 4 is 39.8 Å². The summed E-state index contributed by atoms with van der Waals surface area (Å²) in [4.78, 5) is 16.5. The van der Waals surface area contributed by atoms with Crippen LogP contribution in [0.15, 0.2) is 64.2 Å². The number of nitrogens with zero attached hydrogens (tertiary/aromatic N) is 3. The molecule has 2 aliphatic heterocycles. The fourth-order valence-electron chi connectivity index (χ4n) is 3.03. The number of nitrogens with one attached hydrogen (secondary N) is 1. The standard InChI is InChI=1S/C23H22N4O3S/c1-3-20-26-27-21(24)18(22(28)25-23(27)31-20)14-16-8-10-17(11-9-16)29-12-13-30-19-7-5-4-6-15(19)2/h4-11,14,24H,3,12-13H2,1-2H3/b18-14-,24-21?. The molecule has 0 aromatic heterocycles. The average Bonchev–Trinajstić information content (AvgIpc) is 3.19. The van der Waals surface area contributed by atoms with Gasteiger partial charge < -0.3 is 9.47 Å². The van der Waals surface area contributed by atoms with Crippen LogP contribution in [0, 0.1) is 12.3 Å². The van der Waals surface area contributed by atoms with E-state index in [1.165, 1.54) is 16.8 Å². The molecular formula is C23H22N4O3S. The van der Waals surface area contributed by atoms with Gasteiger partial charge in [0.25, 0.3) is 5.91 Å². The maximum Gasteiger partial charge on any atom is 0.283 e. The molecule has 2 aromatic rings. The molecule has 2 aliphatic rings. The number of aliphatic imine (C=N–C) groups is 1. The Labute approximate surface area is 185 Å². The number of amidine groups is 2. The smallest absolute Gasteiger partial charge is 0.283 e. The molecule has 0 radical (unpaired) electrons. The summed E-state index contributed by atoms with van der Waals surface area (Å²) in [5.41, 5.74) is 2.08. The van der Waals surface area contributed by atoms with Gasteiger partial charge in [0.1, 0.15) is 29.8 Å². The number of benzene rings is 2. The number of hydrazone groups is 1. The van der Waals surface area contributed by atoms with Crippen LogP contribution < -0.4 is 9.47 Å². The molecule has 0 unspecified atom stereocenters. The van der Waals surface area contributed by atoms with E-state index in [9.17, 15) is 4.79 Å².